The van der Waals surface area contributed by atoms with Crippen LogP contribution in [0.2, 0.25) is 0 Å². The van der Waals surface area contributed by atoms with Crippen molar-refractivity contribution >= 4 is 29.4 Å². The number of halogens is 3. The lowest BCUT2D eigenvalue weighted by Gasteiger charge is -2.36. The lowest BCUT2D eigenvalue weighted by Crippen LogP contribution is -2.46. The minimum Gasteiger partial charge on any atom is -0.493 e. The van der Waals surface area contributed by atoms with E-state index in [1.807, 2.05) is 25.7 Å². The molecule has 10 nitrogen and oxygen atoms in total. The van der Waals surface area contributed by atoms with E-state index in [9.17, 15) is 27.9 Å². The van der Waals surface area contributed by atoms with Crippen molar-refractivity contribution in [1.29, 1.82) is 0 Å². The zero-order valence-electron chi connectivity index (χ0n) is 21.9. The number of hydrogen-bond donors (Lipinski definition) is 3. The molecule has 0 spiro atoms. The smallest absolute Gasteiger partial charge is 0.433 e. The van der Waals surface area contributed by atoms with Crippen molar-refractivity contribution in [3.05, 3.63) is 47.9 Å². The summed E-state index contributed by atoms with van der Waals surface area (Å²) in [5.74, 6) is -1.72. The molecular formula is C25H32F3N5O5S. The molecule has 0 amide bonds. The maximum atomic E-state index is 13.4. The summed E-state index contributed by atoms with van der Waals surface area (Å²) in [4.78, 5) is 35.4. The number of rotatable bonds is 8. The second-order valence-corrected chi connectivity index (χ2v) is 10.6. The van der Waals surface area contributed by atoms with Crippen molar-refractivity contribution < 1.29 is 38.1 Å². The highest BCUT2D eigenvalue weighted by molar-refractivity contribution is 7.99. The molecule has 14 heteroatoms. The number of anilines is 1. The molecule has 39 heavy (non-hydrogen) atoms. The third-order valence-corrected chi connectivity index (χ3v) is 6.39. The van der Waals surface area contributed by atoms with E-state index in [1.54, 1.807) is 6.07 Å². The number of aliphatic carboxylic acids is 2. The van der Waals surface area contributed by atoms with Crippen LogP contribution in [-0.2, 0) is 21.2 Å². The van der Waals surface area contributed by atoms with Crippen molar-refractivity contribution in [3.8, 4) is 5.88 Å². The van der Waals surface area contributed by atoms with Gasteiger partial charge in [-0.15, -0.1) is 0 Å². The molecule has 1 aliphatic heterocycles. The van der Waals surface area contributed by atoms with Crippen molar-refractivity contribution in [2.24, 2.45) is 0 Å². The molecule has 3 heterocycles. The summed E-state index contributed by atoms with van der Waals surface area (Å²) in [6.07, 6.45) is -0.886. The van der Waals surface area contributed by atoms with Crippen molar-refractivity contribution in [2.75, 3.05) is 43.4 Å². The van der Waals surface area contributed by atoms with E-state index in [2.05, 4.69) is 19.9 Å². The quantitative estimate of drug-likeness (QED) is 0.184. The van der Waals surface area contributed by atoms with E-state index in [1.165, 1.54) is 24.0 Å². The Bertz CT molecular complexity index is 1100. The molecule has 0 unspecified atom stereocenters. The number of aromatic nitrogens is 3. The highest BCUT2D eigenvalue weighted by Gasteiger charge is 2.35. The highest BCUT2D eigenvalue weighted by Crippen LogP contribution is 2.34. The van der Waals surface area contributed by atoms with Crippen molar-refractivity contribution in [3.63, 3.8) is 0 Å². The molecule has 3 rings (SSSR count). The van der Waals surface area contributed by atoms with Gasteiger partial charge in [0.1, 0.15) is 5.69 Å². The lowest BCUT2D eigenvalue weighted by atomic mass is 9.91. The Morgan fingerprint density at radius 2 is 1.59 bits per heavy atom. The van der Waals surface area contributed by atoms with Gasteiger partial charge in [0.15, 0.2) is 5.16 Å². The monoisotopic (exact) mass is 571 g/mol. The van der Waals surface area contributed by atoms with Crippen LogP contribution in [0.1, 0.15) is 38.6 Å². The molecule has 0 aliphatic carbocycles. The fourth-order valence-corrected chi connectivity index (χ4v) is 4.20. The van der Waals surface area contributed by atoms with Gasteiger partial charge in [-0.25, -0.2) is 19.6 Å². The number of piperazine rings is 1. The fourth-order valence-electron chi connectivity index (χ4n) is 3.45. The van der Waals surface area contributed by atoms with Crippen LogP contribution in [0.3, 0.4) is 0 Å². The molecule has 0 bridgehead atoms. The van der Waals surface area contributed by atoms with Crippen molar-refractivity contribution in [1.82, 2.24) is 19.9 Å². The van der Waals surface area contributed by atoms with Crippen LogP contribution < -0.4 is 4.90 Å². The number of aromatic hydroxyl groups is 1. The Balaban J connectivity index is 0.000000580. The Morgan fingerprint density at radius 3 is 2.10 bits per heavy atom. The number of carbonyl (C=O) groups is 2. The minimum absolute atomic E-state index is 0.0342. The van der Waals surface area contributed by atoms with E-state index in [0.29, 0.717) is 41.8 Å². The van der Waals surface area contributed by atoms with Crippen LogP contribution >= 0.6 is 11.8 Å². The number of alkyl halides is 3. The van der Waals surface area contributed by atoms with Gasteiger partial charge in [-0.1, -0.05) is 32.5 Å². The van der Waals surface area contributed by atoms with Gasteiger partial charge in [-0.2, -0.15) is 18.2 Å². The van der Waals surface area contributed by atoms with Crippen LogP contribution in [0.25, 0.3) is 0 Å². The van der Waals surface area contributed by atoms with E-state index < -0.39 is 29.2 Å². The Morgan fingerprint density at radius 1 is 1.00 bits per heavy atom. The first-order valence-corrected chi connectivity index (χ1v) is 13.0. The normalized spacial score (nSPS) is 14.7. The number of hydrogen-bond acceptors (Lipinski definition) is 9. The zero-order chi connectivity index (χ0) is 29.2. The number of carboxylic acid groups (broad SMARTS) is 2. The second kappa shape index (κ2) is 14.1. The summed E-state index contributed by atoms with van der Waals surface area (Å²) in [6.45, 7) is 9.45. The first-order valence-electron chi connectivity index (χ1n) is 12.0. The Kier molecular flexibility index (Phi) is 11.5. The van der Waals surface area contributed by atoms with Gasteiger partial charge in [0, 0.05) is 73.1 Å². The zero-order valence-corrected chi connectivity index (χ0v) is 22.7. The molecule has 0 radical (unpaired) electrons. The maximum absolute atomic E-state index is 13.4. The predicted molar refractivity (Wildman–Crippen MR) is 140 cm³/mol. The summed E-state index contributed by atoms with van der Waals surface area (Å²) in [6, 6.07) is 4.39. The average molecular weight is 572 g/mol. The van der Waals surface area contributed by atoms with E-state index in [4.69, 9.17) is 10.2 Å². The van der Waals surface area contributed by atoms with Crippen LogP contribution in [0.15, 0.2) is 41.7 Å². The SMILES string of the molecule is CC(C)(C)c1cc(N2CCN(CCCSc3nccc(O)n3)CC2)cc(C(F)(F)F)n1.O=C(O)C=CC(=O)O. The average Bonchev–Trinajstić information content (AvgIpc) is 2.85. The largest absolute Gasteiger partial charge is 0.493 e. The molecule has 1 fully saturated rings. The topological polar surface area (TPSA) is 140 Å². The van der Waals surface area contributed by atoms with Gasteiger partial charge in [-0.05, 0) is 25.1 Å². The van der Waals surface area contributed by atoms with E-state index in [-0.39, 0.29) is 5.88 Å². The van der Waals surface area contributed by atoms with Crippen LogP contribution in [0.4, 0.5) is 18.9 Å². The predicted octanol–water partition coefficient (Wildman–Crippen LogP) is 3.91. The molecular weight excluding hydrogens is 539 g/mol. The summed E-state index contributed by atoms with van der Waals surface area (Å²) in [5, 5.41) is 25.5. The summed E-state index contributed by atoms with van der Waals surface area (Å²) >= 11 is 1.50. The number of nitrogens with zero attached hydrogens (tertiary/aromatic N) is 5. The third kappa shape index (κ3) is 11.5. The fraction of sp³-hybridized carbons (Fsp3) is 0.480. The van der Waals surface area contributed by atoms with Gasteiger partial charge >= 0.3 is 18.1 Å². The first-order chi connectivity index (χ1) is 18.1. The highest BCUT2D eigenvalue weighted by atomic mass is 32.2. The van der Waals surface area contributed by atoms with Gasteiger partial charge in [-0.3, -0.25) is 4.90 Å². The molecule has 0 aromatic carbocycles. The number of thioether (sulfide) groups is 1. The molecule has 0 atom stereocenters. The number of carboxylic acids is 2. The van der Waals surface area contributed by atoms with Crippen LogP contribution in [0.5, 0.6) is 5.88 Å². The molecule has 1 aliphatic rings. The van der Waals surface area contributed by atoms with Crippen LogP contribution in [0, 0.1) is 0 Å². The Hall–Kier alpha value is -3.39. The standard InChI is InChI=1S/C21H28F3N5OS.C4H4O4/c1-20(2,3)16-13-15(14-17(26-16)21(22,23)24)29-10-8-28(9-11-29)7-4-12-31-19-25-6-5-18(30)27-19;5-3(6)1-2-4(7)8/h5-6,13-14H,4,7-12H2,1-3H3,(H,25,27,30);1-2H,(H,5,6)(H,7,8). The molecule has 1 saturated heterocycles. The van der Waals surface area contributed by atoms with E-state index >= 15 is 0 Å². The van der Waals surface area contributed by atoms with Gasteiger partial charge in [0.25, 0.3) is 0 Å². The van der Waals surface area contributed by atoms with Gasteiger partial charge in [0.2, 0.25) is 5.88 Å². The molecule has 2 aromatic rings. The van der Waals surface area contributed by atoms with Crippen LogP contribution in [-0.4, -0.2) is 85.6 Å². The minimum atomic E-state index is -4.46. The van der Waals surface area contributed by atoms with E-state index in [0.717, 1.165) is 37.9 Å². The molecule has 214 valence electrons. The maximum Gasteiger partial charge on any atom is 0.433 e. The van der Waals surface area contributed by atoms with Gasteiger partial charge in [0.05, 0.1) is 0 Å². The first kappa shape index (κ1) is 31.8. The third-order valence-electron chi connectivity index (χ3n) is 5.44. The van der Waals surface area contributed by atoms with Crippen molar-refractivity contribution in [2.45, 2.75) is 43.9 Å². The molecule has 2 aromatic heterocycles. The molecule has 3 N–H and O–H groups in total. The second-order valence-electron chi connectivity index (χ2n) is 9.58. The molecule has 0 saturated carbocycles. The number of pyridine rings is 1. The van der Waals surface area contributed by atoms with Gasteiger partial charge < -0.3 is 20.2 Å². The summed E-state index contributed by atoms with van der Waals surface area (Å²) in [7, 11) is 0. The summed E-state index contributed by atoms with van der Waals surface area (Å²) in [5.41, 5.74) is -0.257. The summed E-state index contributed by atoms with van der Waals surface area (Å²) < 4.78 is 40.1. The lowest BCUT2D eigenvalue weighted by molar-refractivity contribution is -0.141. The Labute approximate surface area is 228 Å².